The predicted octanol–water partition coefficient (Wildman–Crippen LogP) is 4.36. The SMILES string of the molecule is O=C(O)c1ccc(-c2cnn3ccccc23)cc1C1CCCC1. The summed E-state index contributed by atoms with van der Waals surface area (Å²) in [4.78, 5) is 11.6. The van der Waals surface area contributed by atoms with Crippen LogP contribution in [0.15, 0.2) is 48.8 Å². The van der Waals surface area contributed by atoms with Gasteiger partial charge in [-0.15, -0.1) is 0 Å². The van der Waals surface area contributed by atoms with Gasteiger partial charge in [-0.2, -0.15) is 5.10 Å². The van der Waals surface area contributed by atoms with Crippen molar-refractivity contribution in [2.45, 2.75) is 31.6 Å². The molecule has 4 rings (SSSR count). The third kappa shape index (κ3) is 2.40. The van der Waals surface area contributed by atoms with Gasteiger partial charge in [0.05, 0.1) is 17.3 Å². The fourth-order valence-electron chi connectivity index (χ4n) is 3.66. The first-order valence-electron chi connectivity index (χ1n) is 8.04. The Hall–Kier alpha value is -2.62. The van der Waals surface area contributed by atoms with Crippen molar-refractivity contribution in [3.05, 3.63) is 59.9 Å². The lowest BCUT2D eigenvalue weighted by Gasteiger charge is -2.14. The van der Waals surface area contributed by atoms with E-state index in [4.69, 9.17) is 0 Å². The van der Waals surface area contributed by atoms with Crippen LogP contribution in [-0.2, 0) is 0 Å². The van der Waals surface area contributed by atoms with Crippen LogP contribution < -0.4 is 0 Å². The Labute approximate surface area is 134 Å². The molecule has 116 valence electrons. The number of nitrogens with zero attached hydrogens (tertiary/aromatic N) is 2. The van der Waals surface area contributed by atoms with Gasteiger partial charge < -0.3 is 5.11 Å². The Balaban J connectivity index is 1.86. The molecule has 0 spiro atoms. The zero-order valence-electron chi connectivity index (χ0n) is 12.8. The summed E-state index contributed by atoms with van der Waals surface area (Å²) in [6.07, 6.45) is 8.30. The average molecular weight is 306 g/mol. The molecule has 0 amide bonds. The molecule has 23 heavy (non-hydrogen) atoms. The molecule has 0 atom stereocenters. The number of hydrogen-bond acceptors (Lipinski definition) is 2. The van der Waals surface area contributed by atoms with E-state index in [1.54, 1.807) is 6.07 Å². The summed E-state index contributed by atoms with van der Waals surface area (Å²) in [5.74, 6) is -0.471. The molecule has 2 aromatic heterocycles. The summed E-state index contributed by atoms with van der Waals surface area (Å²) in [6.45, 7) is 0. The highest BCUT2D eigenvalue weighted by Crippen LogP contribution is 2.38. The van der Waals surface area contributed by atoms with Crippen molar-refractivity contribution in [2.24, 2.45) is 0 Å². The number of hydrogen-bond donors (Lipinski definition) is 1. The number of rotatable bonds is 3. The molecule has 0 unspecified atom stereocenters. The normalized spacial score (nSPS) is 15.3. The van der Waals surface area contributed by atoms with Crippen LogP contribution in [0.3, 0.4) is 0 Å². The van der Waals surface area contributed by atoms with Crippen molar-refractivity contribution < 1.29 is 9.90 Å². The van der Waals surface area contributed by atoms with Crippen molar-refractivity contribution in [1.82, 2.24) is 9.61 Å². The standard InChI is InChI=1S/C19H18N2O2/c22-19(23)15-9-8-14(11-16(15)13-5-1-2-6-13)17-12-20-21-10-4-3-7-18(17)21/h3-4,7-13H,1-2,5-6H2,(H,22,23). The number of carboxylic acids is 1. The van der Waals surface area contributed by atoms with Crippen molar-refractivity contribution >= 4 is 11.5 Å². The molecule has 1 N–H and O–H groups in total. The van der Waals surface area contributed by atoms with E-state index in [0.717, 1.165) is 35.0 Å². The van der Waals surface area contributed by atoms with Crippen molar-refractivity contribution in [1.29, 1.82) is 0 Å². The van der Waals surface area contributed by atoms with Gasteiger partial charge in [-0.1, -0.05) is 25.0 Å². The first kappa shape index (κ1) is 14.0. The number of benzene rings is 1. The van der Waals surface area contributed by atoms with Crippen LogP contribution in [0.4, 0.5) is 0 Å². The molecule has 0 aliphatic heterocycles. The molecule has 1 saturated carbocycles. The number of carbonyl (C=O) groups is 1. The minimum atomic E-state index is -0.835. The molecule has 1 aliphatic rings. The molecule has 0 radical (unpaired) electrons. The Morgan fingerprint density at radius 3 is 2.78 bits per heavy atom. The molecular weight excluding hydrogens is 288 g/mol. The fraction of sp³-hybridized carbons (Fsp3) is 0.263. The summed E-state index contributed by atoms with van der Waals surface area (Å²) >= 11 is 0. The Bertz CT molecular complexity index is 876. The minimum absolute atomic E-state index is 0.364. The fourth-order valence-corrected chi connectivity index (χ4v) is 3.66. The number of pyridine rings is 1. The van der Waals surface area contributed by atoms with E-state index in [1.165, 1.54) is 12.8 Å². The zero-order chi connectivity index (χ0) is 15.8. The predicted molar refractivity (Wildman–Crippen MR) is 88.8 cm³/mol. The van der Waals surface area contributed by atoms with Gasteiger partial charge in [0.15, 0.2) is 0 Å². The van der Waals surface area contributed by atoms with Crippen molar-refractivity contribution in [2.75, 3.05) is 0 Å². The molecule has 1 aliphatic carbocycles. The molecular formula is C19H18N2O2. The smallest absolute Gasteiger partial charge is 0.335 e. The second-order valence-corrected chi connectivity index (χ2v) is 6.18. The van der Waals surface area contributed by atoms with E-state index in [-0.39, 0.29) is 0 Å². The lowest BCUT2D eigenvalue weighted by atomic mass is 9.90. The van der Waals surface area contributed by atoms with E-state index in [0.29, 0.717) is 11.5 Å². The third-order valence-corrected chi connectivity index (χ3v) is 4.81. The van der Waals surface area contributed by atoms with E-state index in [1.807, 2.05) is 41.2 Å². The van der Waals surface area contributed by atoms with E-state index in [9.17, 15) is 9.90 Å². The Morgan fingerprint density at radius 1 is 1.17 bits per heavy atom. The van der Waals surface area contributed by atoms with Crippen molar-refractivity contribution in [3.63, 3.8) is 0 Å². The first-order chi connectivity index (χ1) is 11.2. The van der Waals surface area contributed by atoms with E-state index in [2.05, 4.69) is 11.2 Å². The number of aromatic nitrogens is 2. The monoisotopic (exact) mass is 306 g/mol. The summed E-state index contributed by atoms with van der Waals surface area (Å²) in [6, 6.07) is 11.7. The van der Waals surface area contributed by atoms with Crippen molar-refractivity contribution in [3.8, 4) is 11.1 Å². The Morgan fingerprint density at radius 2 is 2.00 bits per heavy atom. The summed E-state index contributed by atoms with van der Waals surface area (Å²) < 4.78 is 1.84. The molecule has 0 bridgehead atoms. The molecule has 3 aromatic rings. The van der Waals surface area contributed by atoms with Crippen LogP contribution in [0.2, 0.25) is 0 Å². The van der Waals surface area contributed by atoms with E-state index < -0.39 is 5.97 Å². The maximum Gasteiger partial charge on any atom is 0.335 e. The highest BCUT2D eigenvalue weighted by Gasteiger charge is 2.23. The molecule has 1 fully saturated rings. The van der Waals surface area contributed by atoms with Gasteiger partial charge in [0.25, 0.3) is 0 Å². The largest absolute Gasteiger partial charge is 0.478 e. The lowest BCUT2D eigenvalue weighted by Crippen LogP contribution is -2.05. The van der Waals surface area contributed by atoms with E-state index >= 15 is 0 Å². The Kier molecular flexibility index (Phi) is 3.37. The van der Waals surface area contributed by atoms with Crippen LogP contribution in [-0.4, -0.2) is 20.7 Å². The van der Waals surface area contributed by atoms with Gasteiger partial charge in [0.2, 0.25) is 0 Å². The van der Waals surface area contributed by atoms with Crippen LogP contribution in [0, 0.1) is 0 Å². The number of carboxylic acid groups (broad SMARTS) is 1. The second-order valence-electron chi connectivity index (χ2n) is 6.18. The third-order valence-electron chi connectivity index (χ3n) is 4.81. The maximum atomic E-state index is 11.6. The zero-order valence-corrected chi connectivity index (χ0v) is 12.8. The van der Waals surface area contributed by atoms with Gasteiger partial charge in [0.1, 0.15) is 0 Å². The van der Waals surface area contributed by atoms with Gasteiger partial charge in [-0.25, -0.2) is 9.31 Å². The number of fused-ring (bicyclic) bond motifs is 1. The van der Waals surface area contributed by atoms with Crippen LogP contribution in [0.5, 0.6) is 0 Å². The number of aromatic carboxylic acids is 1. The highest BCUT2D eigenvalue weighted by atomic mass is 16.4. The summed E-state index contributed by atoms with van der Waals surface area (Å²) in [7, 11) is 0. The van der Waals surface area contributed by atoms with Gasteiger partial charge in [-0.05, 0) is 54.2 Å². The molecule has 4 heteroatoms. The van der Waals surface area contributed by atoms with Gasteiger partial charge >= 0.3 is 5.97 Å². The van der Waals surface area contributed by atoms with Crippen LogP contribution in [0.1, 0.15) is 47.5 Å². The molecule has 4 nitrogen and oxygen atoms in total. The highest BCUT2D eigenvalue weighted by molar-refractivity contribution is 5.91. The van der Waals surface area contributed by atoms with Crippen LogP contribution in [0.25, 0.3) is 16.6 Å². The molecule has 0 saturated heterocycles. The minimum Gasteiger partial charge on any atom is -0.478 e. The lowest BCUT2D eigenvalue weighted by molar-refractivity contribution is 0.0695. The molecule has 1 aromatic carbocycles. The van der Waals surface area contributed by atoms with Gasteiger partial charge in [0, 0.05) is 11.8 Å². The second kappa shape index (κ2) is 5.54. The summed E-state index contributed by atoms with van der Waals surface area (Å²) in [5, 5.41) is 13.9. The topological polar surface area (TPSA) is 54.6 Å². The first-order valence-corrected chi connectivity index (χ1v) is 8.04. The van der Waals surface area contributed by atoms with Gasteiger partial charge in [-0.3, -0.25) is 0 Å². The van der Waals surface area contributed by atoms with Crippen LogP contribution >= 0.6 is 0 Å². The maximum absolute atomic E-state index is 11.6. The summed E-state index contributed by atoms with van der Waals surface area (Å²) in [5.41, 5.74) is 4.53. The molecule has 2 heterocycles. The average Bonchev–Trinajstić information content (AvgIpc) is 3.24. The quantitative estimate of drug-likeness (QED) is 0.782.